The lowest BCUT2D eigenvalue weighted by atomic mass is 9.88. The van der Waals surface area contributed by atoms with E-state index in [0.29, 0.717) is 6.54 Å². The maximum Gasteiger partial charge on any atom is 0.233 e. The Balaban J connectivity index is 2.11. The minimum absolute atomic E-state index is 0.0430. The number of carbonyl (C=O) groups is 1. The molecule has 0 aliphatic rings. The molecule has 2 aromatic rings. The fourth-order valence-electron chi connectivity index (χ4n) is 2.32. The first-order chi connectivity index (χ1) is 9.81. The van der Waals surface area contributed by atoms with E-state index in [1.807, 2.05) is 36.4 Å². The minimum Gasteiger partial charge on any atom is -0.355 e. The fraction of sp³-hybridized carbons (Fsp3) is 0.235. The highest BCUT2D eigenvalue weighted by molar-refractivity contribution is 5.77. The van der Waals surface area contributed by atoms with Gasteiger partial charge in [0.1, 0.15) is 0 Å². The molecule has 0 saturated heterocycles. The summed E-state index contributed by atoms with van der Waals surface area (Å²) in [5, 5.41) is 2.84. The molecule has 2 rings (SSSR count). The zero-order chi connectivity index (χ0) is 14.2. The molecule has 0 aliphatic heterocycles. The first-order valence-corrected chi connectivity index (χ1v) is 6.88. The highest BCUT2D eigenvalue weighted by Gasteiger charge is 2.13. The van der Waals surface area contributed by atoms with Crippen molar-refractivity contribution >= 4 is 5.91 Å². The molecule has 0 aliphatic carbocycles. The van der Waals surface area contributed by atoms with Crippen LogP contribution >= 0.6 is 0 Å². The molecule has 0 unspecified atom stereocenters. The van der Waals surface area contributed by atoms with Crippen LogP contribution in [0.5, 0.6) is 0 Å². The average molecular weight is 268 g/mol. The van der Waals surface area contributed by atoms with E-state index in [4.69, 9.17) is 5.73 Å². The van der Waals surface area contributed by atoms with Crippen molar-refractivity contribution in [1.29, 1.82) is 0 Å². The van der Waals surface area contributed by atoms with Gasteiger partial charge in [0.25, 0.3) is 0 Å². The van der Waals surface area contributed by atoms with Crippen molar-refractivity contribution in [2.24, 2.45) is 5.73 Å². The predicted octanol–water partition coefficient (Wildman–Crippen LogP) is 2.28. The number of hydrogen-bond acceptors (Lipinski definition) is 2. The quantitative estimate of drug-likeness (QED) is 0.844. The lowest BCUT2D eigenvalue weighted by Gasteiger charge is -2.18. The highest BCUT2D eigenvalue weighted by atomic mass is 16.1. The lowest BCUT2D eigenvalue weighted by molar-refractivity contribution is -0.119. The van der Waals surface area contributed by atoms with E-state index < -0.39 is 0 Å². The predicted molar refractivity (Wildman–Crippen MR) is 81.4 cm³/mol. The van der Waals surface area contributed by atoms with E-state index in [1.54, 1.807) is 0 Å². The van der Waals surface area contributed by atoms with Gasteiger partial charge in [-0.25, -0.2) is 0 Å². The van der Waals surface area contributed by atoms with E-state index >= 15 is 0 Å². The third-order valence-corrected chi connectivity index (χ3v) is 3.34. The molecule has 0 radical (unpaired) electrons. The molecule has 1 amide bonds. The number of carbonyl (C=O) groups excluding carboxylic acids is 1. The van der Waals surface area contributed by atoms with Gasteiger partial charge in [-0.2, -0.15) is 0 Å². The zero-order valence-electron chi connectivity index (χ0n) is 11.5. The minimum atomic E-state index is -0.107. The average Bonchev–Trinajstić information content (AvgIpc) is 2.53. The van der Waals surface area contributed by atoms with Crippen LogP contribution in [0, 0.1) is 0 Å². The molecule has 0 atom stereocenters. The second-order valence-electron chi connectivity index (χ2n) is 4.72. The van der Waals surface area contributed by atoms with Crippen LogP contribution in [0.4, 0.5) is 0 Å². The molecule has 0 fully saturated rings. The first kappa shape index (κ1) is 14.3. The summed E-state index contributed by atoms with van der Waals surface area (Å²) in [6, 6.07) is 20.7. The smallest absolute Gasteiger partial charge is 0.233 e. The molecule has 0 saturated carbocycles. The van der Waals surface area contributed by atoms with Gasteiger partial charge in [0.2, 0.25) is 5.91 Å². The van der Waals surface area contributed by atoms with Gasteiger partial charge >= 0.3 is 0 Å². The summed E-state index contributed by atoms with van der Waals surface area (Å²) in [5.74, 6) is 0.181. The van der Waals surface area contributed by atoms with Gasteiger partial charge in [-0.05, 0) is 17.5 Å². The van der Waals surface area contributed by atoms with Crippen LogP contribution < -0.4 is 11.1 Å². The summed E-state index contributed by atoms with van der Waals surface area (Å²) in [5.41, 5.74) is 7.83. The van der Waals surface area contributed by atoms with E-state index in [-0.39, 0.29) is 18.4 Å². The summed E-state index contributed by atoms with van der Waals surface area (Å²) >= 11 is 0. The maximum absolute atomic E-state index is 11.2. The SMILES string of the molecule is NCC(=O)NCCC(c1ccccc1)c1ccccc1. The van der Waals surface area contributed by atoms with Crippen LogP contribution in [0.2, 0.25) is 0 Å². The van der Waals surface area contributed by atoms with Crippen molar-refractivity contribution in [1.82, 2.24) is 5.32 Å². The highest BCUT2D eigenvalue weighted by Crippen LogP contribution is 2.27. The Hall–Kier alpha value is -2.13. The standard InChI is InChI=1S/C17H20N2O/c18-13-17(20)19-12-11-16(14-7-3-1-4-8-14)15-9-5-2-6-10-15/h1-10,16H,11-13,18H2,(H,19,20). The fourth-order valence-corrected chi connectivity index (χ4v) is 2.32. The molecule has 20 heavy (non-hydrogen) atoms. The molecule has 3 heteroatoms. The van der Waals surface area contributed by atoms with Crippen LogP contribution in [-0.4, -0.2) is 19.0 Å². The molecular formula is C17H20N2O. The van der Waals surface area contributed by atoms with E-state index in [2.05, 4.69) is 29.6 Å². The van der Waals surface area contributed by atoms with Crippen LogP contribution in [0.1, 0.15) is 23.5 Å². The molecule has 3 nitrogen and oxygen atoms in total. The number of rotatable bonds is 6. The molecule has 2 aromatic carbocycles. The summed E-state index contributed by atoms with van der Waals surface area (Å²) in [7, 11) is 0. The third kappa shape index (κ3) is 3.93. The van der Waals surface area contributed by atoms with E-state index in [1.165, 1.54) is 11.1 Å². The van der Waals surface area contributed by atoms with Gasteiger partial charge < -0.3 is 11.1 Å². The van der Waals surface area contributed by atoms with Crippen LogP contribution in [0.3, 0.4) is 0 Å². The normalized spacial score (nSPS) is 10.5. The molecule has 0 bridgehead atoms. The zero-order valence-corrected chi connectivity index (χ0v) is 11.5. The van der Waals surface area contributed by atoms with Gasteiger partial charge in [0.05, 0.1) is 6.54 Å². The van der Waals surface area contributed by atoms with Gasteiger partial charge in [-0.15, -0.1) is 0 Å². The topological polar surface area (TPSA) is 55.1 Å². The van der Waals surface area contributed by atoms with Crippen molar-refractivity contribution in [3.63, 3.8) is 0 Å². The van der Waals surface area contributed by atoms with Crippen LogP contribution in [-0.2, 0) is 4.79 Å². The Bertz CT molecular complexity index is 486. The van der Waals surface area contributed by atoms with Crippen LogP contribution in [0.25, 0.3) is 0 Å². The Morgan fingerprint density at radius 3 is 1.90 bits per heavy atom. The molecular weight excluding hydrogens is 248 g/mol. The van der Waals surface area contributed by atoms with Gasteiger partial charge in [-0.3, -0.25) is 4.79 Å². The Kier molecular flexibility index (Phi) is 5.33. The summed E-state index contributed by atoms with van der Waals surface area (Å²) in [4.78, 5) is 11.2. The van der Waals surface area contributed by atoms with Crippen molar-refractivity contribution in [2.75, 3.05) is 13.1 Å². The summed E-state index contributed by atoms with van der Waals surface area (Å²) in [6.45, 7) is 0.672. The molecule has 104 valence electrons. The summed E-state index contributed by atoms with van der Waals surface area (Å²) < 4.78 is 0. The Morgan fingerprint density at radius 2 is 1.45 bits per heavy atom. The Labute approximate surface area is 119 Å². The first-order valence-electron chi connectivity index (χ1n) is 6.88. The number of nitrogens with two attached hydrogens (primary N) is 1. The Morgan fingerprint density at radius 1 is 0.950 bits per heavy atom. The number of hydrogen-bond donors (Lipinski definition) is 2. The van der Waals surface area contributed by atoms with Crippen molar-refractivity contribution < 1.29 is 4.79 Å². The molecule has 0 spiro atoms. The van der Waals surface area contributed by atoms with Gasteiger partial charge in [0, 0.05) is 12.5 Å². The molecule has 3 N–H and O–H groups in total. The number of amides is 1. The molecule has 0 aromatic heterocycles. The maximum atomic E-state index is 11.2. The van der Waals surface area contributed by atoms with E-state index in [9.17, 15) is 4.79 Å². The largest absolute Gasteiger partial charge is 0.355 e. The number of nitrogens with one attached hydrogen (secondary N) is 1. The van der Waals surface area contributed by atoms with Crippen molar-refractivity contribution in [2.45, 2.75) is 12.3 Å². The third-order valence-electron chi connectivity index (χ3n) is 3.34. The monoisotopic (exact) mass is 268 g/mol. The molecule has 0 heterocycles. The number of benzene rings is 2. The van der Waals surface area contributed by atoms with E-state index in [0.717, 1.165) is 6.42 Å². The van der Waals surface area contributed by atoms with Gasteiger partial charge in [0.15, 0.2) is 0 Å². The van der Waals surface area contributed by atoms with Crippen molar-refractivity contribution in [3.8, 4) is 0 Å². The summed E-state index contributed by atoms with van der Waals surface area (Å²) in [6.07, 6.45) is 0.861. The van der Waals surface area contributed by atoms with Gasteiger partial charge in [-0.1, -0.05) is 60.7 Å². The lowest BCUT2D eigenvalue weighted by Crippen LogP contribution is -2.31. The second-order valence-corrected chi connectivity index (χ2v) is 4.72. The van der Waals surface area contributed by atoms with Crippen molar-refractivity contribution in [3.05, 3.63) is 71.8 Å². The van der Waals surface area contributed by atoms with Crippen LogP contribution in [0.15, 0.2) is 60.7 Å². The second kappa shape index (κ2) is 7.46.